The summed E-state index contributed by atoms with van der Waals surface area (Å²) in [7, 11) is -1.70. The summed E-state index contributed by atoms with van der Waals surface area (Å²) >= 11 is 1.36. The van der Waals surface area contributed by atoms with Crippen LogP contribution in [0.2, 0.25) is 0 Å². The summed E-state index contributed by atoms with van der Waals surface area (Å²) in [4.78, 5) is 13.4. The Kier molecular flexibility index (Phi) is 5.85. The Morgan fingerprint density at radius 1 is 1.00 bits per heavy atom. The number of nitrogens with zero attached hydrogens (tertiary/aromatic N) is 2. The van der Waals surface area contributed by atoms with E-state index in [4.69, 9.17) is 5.14 Å². The number of nitrogens with two attached hydrogens (primary N) is 1. The van der Waals surface area contributed by atoms with Gasteiger partial charge in [0.25, 0.3) is 0 Å². The van der Waals surface area contributed by atoms with Crippen LogP contribution in [0.5, 0.6) is 0 Å². The van der Waals surface area contributed by atoms with Gasteiger partial charge < -0.3 is 0 Å². The molecule has 0 amide bonds. The average molecular weight is 476 g/mol. The Morgan fingerprint density at radius 2 is 1.62 bits per heavy atom. The van der Waals surface area contributed by atoms with Gasteiger partial charge in [0.2, 0.25) is 0 Å². The summed E-state index contributed by atoms with van der Waals surface area (Å²) in [6.07, 6.45) is -4.61. The highest BCUT2D eigenvalue weighted by Crippen LogP contribution is 2.35. The fraction of sp³-hybridized carbons (Fsp3) is 0.0909. The van der Waals surface area contributed by atoms with Crippen LogP contribution in [-0.2, 0) is 17.2 Å². The van der Waals surface area contributed by atoms with E-state index in [0.29, 0.717) is 21.0 Å². The number of hydrogen-bond acceptors (Lipinski definition) is 4. The molecule has 0 saturated heterocycles. The predicted octanol–water partition coefficient (Wildman–Crippen LogP) is 5.47. The van der Waals surface area contributed by atoms with E-state index in [1.165, 1.54) is 47.2 Å². The zero-order valence-electron chi connectivity index (χ0n) is 16.6. The van der Waals surface area contributed by atoms with Gasteiger partial charge in [-0.05, 0) is 55.0 Å². The molecule has 2 aromatic heterocycles. The molecule has 32 heavy (non-hydrogen) atoms. The fourth-order valence-electron chi connectivity index (χ4n) is 3.13. The molecule has 0 spiro atoms. The Balaban J connectivity index is 1.75. The quantitative estimate of drug-likeness (QED) is 0.389. The van der Waals surface area contributed by atoms with Crippen molar-refractivity contribution in [2.75, 3.05) is 0 Å². The lowest BCUT2D eigenvalue weighted by atomic mass is 10.1. The Hall–Kier alpha value is -3.08. The van der Waals surface area contributed by atoms with Crippen LogP contribution in [0, 0.1) is 0 Å². The van der Waals surface area contributed by atoms with Crippen molar-refractivity contribution < 1.29 is 22.2 Å². The molecule has 164 valence electrons. The summed E-state index contributed by atoms with van der Waals surface area (Å²) in [6.45, 7) is 1.50. The van der Waals surface area contributed by atoms with Gasteiger partial charge in [-0.25, -0.2) is 14.0 Å². The lowest BCUT2D eigenvalue weighted by molar-refractivity contribution is -0.141. The van der Waals surface area contributed by atoms with Crippen molar-refractivity contribution in [1.29, 1.82) is 0 Å². The normalized spacial score (nSPS) is 12.7. The first-order valence-electron chi connectivity index (χ1n) is 9.29. The molecule has 2 heterocycles. The van der Waals surface area contributed by atoms with Crippen LogP contribution < -0.4 is 5.14 Å². The van der Waals surface area contributed by atoms with Crippen molar-refractivity contribution in [3.8, 4) is 27.4 Å². The summed E-state index contributed by atoms with van der Waals surface area (Å²) in [5, 5.41) is 9.10. The molecular formula is C22H16F3N3O2S2. The van der Waals surface area contributed by atoms with Crippen LogP contribution in [0.1, 0.15) is 22.3 Å². The third-order valence-corrected chi connectivity index (χ3v) is 6.70. The highest BCUT2D eigenvalue weighted by atomic mass is 32.2. The van der Waals surface area contributed by atoms with Crippen molar-refractivity contribution in [3.63, 3.8) is 0 Å². The molecule has 0 aliphatic carbocycles. The largest absolute Gasteiger partial charge is 0.435 e. The van der Waals surface area contributed by atoms with E-state index in [-0.39, 0.29) is 11.5 Å². The number of Topliss-reactive ketones (excluding diaryl/α,β-unsaturated/α-hetero) is 1. The van der Waals surface area contributed by atoms with Gasteiger partial charge >= 0.3 is 6.18 Å². The van der Waals surface area contributed by atoms with Crippen molar-refractivity contribution in [3.05, 3.63) is 77.3 Å². The lowest BCUT2D eigenvalue weighted by Gasteiger charge is -2.09. The van der Waals surface area contributed by atoms with E-state index >= 15 is 0 Å². The van der Waals surface area contributed by atoms with Gasteiger partial charge in [-0.15, -0.1) is 11.3 Å². The number of halogens is 3. The van der Waals surface area contributed by atoms with Crippen molar-refractivity contribution in [2.24, 2.45) is 5.14 Å². The van der Waals surface area contributed by atoms with E-state index in [2.05, 4.69) is 5.10 Å². The second kappa shape index (κ2) is 8.45. The maximum Gasteiger partial charge on any atom is 0.435 e. The van der Waals surface area contributed by atoms with Crippen molar-refractivity contribution >= 4 is 28.1 Å². The Morgan fingerprint density at radius 3 is 2.16 bits per heavy atom. The van der Waals surface area contributed by atoms with E-state index in [0.717, 1.165) is 16.5 Å². The van der Waals surface area contributed by atoms with Crippen LogP contribution in [0.15, 0.2) is 71.6 Å². The van der Waals surface area contributed by atoms with Crippen LogP contribution in [-0.4, -0.2) is 19.8 Å². The minimum Gasteiger partial charge on any atom is -0.294 e. The number of carbonyl (C=O) groups is 1. The number of hydrogen-bond donors (Lipinski definition) is 1. The fourth-order valence-corrected chi connectivity index (χ4v) is 4.44. The number of ketones is 1. The number of carbonyl (C=O) groups excluding carboxylic acids is 1. The summed E-state index contributed by atoms with van der Waals surface area (Å²) in [5.41, 5.74) is 0.987. The SMILES string of the molecule is CC(=O)c1ccc(-c2ccc(-c3cc(C(F)(F)F)nn3-c3ccc(S(N)=O)cc3)cc2)s1. The maximum absolute atomic E-state index is 13.4. The molecule has 5 nitrogen and oxygen atoms in total. The highest BCUT2D eigenvalue weighted by molar-refractivity contribution is 7.82. The third kappa shape index (κ3) is 4.43. The van der Waals surface area contributed by atoms with Crippen LogP contribution >= 0.6 is 11.3 Å². The van der Waals surface area contributed by atoms with Gasteiger partial charge in [0.15, 0.2) is 11.5 Å². The van der Waals surface area contributed by atoms with Crippen LogP contribution in [0.4, 0.5) is 13.2 Å². The van der Waals surface area contributed by atoms with E-state index in [1.807, 2.05) is 6.07 Å². The summed E-state index contributed by atoms with van der Waals surface area (Å²) in [6, 6.07) is 17.6. The molecule has 0 aliphatic rings. The topological polar surface area (TPSA) is 78.0 Å². The van der Waals surface area contributed by atoms with Gasteiger partial charge in [-0.1, -0.05) is 24.3 Å². The number of rotatable bonds is 5. The summed E-state index contributed by atoms with van der Waals surface area (Å²) < 4.78 is 52.7. The van der Waals surface area contributed by atoms with Gasteiger partial charge in [0, 0.05) is 10.4 Å². The molecule has 10 heteroatoms. The van der Waals surface area contributed by atoms with E-state index in [9.17, 15) is 22.2 Å². The summed E-state index contributed by atoms with van der Waals surface area (Å²) in [5.74, 6) is -0.0223. The first-order valence-corrected chi connectivity index (χ1v) is 11.3. The number of alkyl halides is 3. The average Bonchev–Trinajstić information content (AvgIpc) is 3.42. The molecule has 1 atom stereocenters. The monoisotopic (exact) mass is 475 g/mol. The second-order valence-electron chi connectivity index (χ2n) is 6.91. The third-order valence-electron chi connectivity index (χ3n) is 4.73. The molecule has 2 N–H and O–H groups in total. The minimum atomic E-state index is -4.61. The smallest absolute Gasteiger partial charge is 0.294 e. The zero-order chi connectivity index (χ0) is 23.0. The molecule has 0 aliphatic heterocycles. The van der Waals surface area contributed by atoms with Crippen molar-refractivity contribution in [2.45, 2.75) is 18.0 Å². The molecule has 2 aromatic carbocycles. The van der Waals surface area contributed by atoms with Crippen LogP contribution in [0.3, 0.4) is 0 Å². The molecule has 0 saturated carbocycles. The van der Waals surface area contributed by atoms with Crippen LogP contribution in [0.25, 0.3) is 27.4 Å². The standard InChI is InChI=1S/C22H16F3N3O2S2/c1-13(29)19-10-11-20(31-19)15-4-2-14(3-5-15)18-12-21(22(23,24)25)27-28(18)16-6-8-17(9-7-16)32(26)30/h2-12H,26H2,1H3. The number of aromatic nitrogens is 2. The number of thiophene rings is 1. The lowest BCUT2D eigenvalue weighted by Crippen LogP contribution is -2.08. The predicted molar refractivity (Wildman–Crippen MR) is 118 cm³/mol. The first kappa shape index (κ1) is 22.1. The van der Waals surface area contributed by atoms with Gasteiger partial charge in [0.05, 0.1) is 21.2 Å². The van der Waals surface area contributed by atoms with Crippen molar-refractivity contribution in [1.82, 2.24) is 9.78 Å². The Bertz CT molecular complexity index is 1310. The van der Waals surface area contributed by atoms with E-state index in [1.54, 1.807) is 30.3 Å². The molecule has 4 aromatic rings. The zero-order valence-corrected chi connectivity index (χ0v) is 18.2. The van der Waals surface area contributed by atoms with Gasteiger partial charge in [-0.3, -0.25) is 4.79 Å². The second-order valence-corrected chi connectivity index (χ2v) is 9.06. The molecule has 0 fully saturated rings. The molecule has 4 rings (SSSR count). The number of benzene rings is 2. The Labute approximate surface area is 187 Å². The van der Waals surface area contributed by atoms with Gasteiger partial charge in [-0.2, -0.15) is 18.3 Å². The van der Waals surface area contributed by atoms with Gasteiger partial charge in [0.1, 0.15) is 11.0 Å². The molecular weight excluding hydrogens is 459 g/mol. The van der Waals surface area contributed by atoms with E-state index < -0.39 is 22.9 Å². The molecule has 0 radical (unpaired) electrons. The highest BCUT2D eigenvalue weighted by Gasteiger charge is 2.35. The first-order chi connectivity index (χ1) is 15.1. The minimum absolute atomic E-state index is 0.0223. The molecule has 1 unspecified atom stereocenters. The maximum atomic E-state index is 13.4. The molecule has 0 bridgehead atoms.